The van der Waals surface area contributed by atoms with Crippen LogP contribution >= 0.6 is 15.9 Å². The van der Waals surface area contributed by atoms with Crippen LogP contribution in [0.25, 0.3) is 5.57 Å². The Morgan fingerprint density at radius 3 is 2.94 bits per heavy atom. The van der Waals surface area contributed by atoms with Crippen LogP contribution in [0.4, 0.5) is 0 Å². The molecule has 0 bridgehead atoms. The lowest BCUT2D eigenvalue weighted by Crippen LogP contribution is -2.22. The maximum Gasteiger partial charge on any atom is 0.156 e. The molecular formula is C15H18BrNO. The van der Waals surface area contributed by atoms with Gasteiger partial charge in [0.05, 0.1) is 12.3 Å². The molecule has 1 atom stereocenters. The Kier molecular flexibility index (Phi) is 2.77. The predicted octanol–water partition coefficient (Wildman–Crippen LogP) is 4.33. The van der Waals surface area contributed by atoms with Crippen LogP contribution in [-0.2, 0) is 5.41 Å². The van der Waals surface area contributed by atoms with Crippen molar-refractivity contribution in [2.75, 3.05) is 6.61 Å². The number of hydrogen-bond donors (Lipinski definition) is 0. The van der Waals surface area contributed by atoms with E-state index in [-0.39, 0.29) is 5.41 Å². The van der Waals surface area contributed by atoms with Gasteiger partial charge in [-0.3, -0.25) is 0 Å². The molecule has 1 saturated carbocycles. The number of rotatable bonds is 3. The van der Waals surface area contributed by atoms with E-state index in [4.69, 9.17) is 4.74 Å². The summed E-state index contributed by atoms with van der Waals surface area (Å²) in [6.45, 7) is 9.42. The van der Waals surface area contributed by atoms with Crippen molar-refractivity contribution in [1.29, 1.82) is 0 Å². The second-order valence-corrected chi connectivity index (χ2v) is 6.43. The lowest BCUT2D eigenvalue weighted by molar-refractivity contribution is 0.272. The fourth-order valence-electron chi connectivity index (χ4n) is 2.49. The number of nitrogens with zero attached hydrogens (tertiary/aromatic N) is 1. The zero-order valence-corrected chi connectivity index (χ0v) is 12.5. The molecule has 0 radical (unpaired) electrons. The summed E-state index contributed by atoms with van der Waals surface area (Å²) in [6, 6.07) is 2.19. The molecule has 0 amide bonds. The first kappa shape index (κ1) is 12.2. The summed E-state index contributed by atoms with van der Waals surface area (Å²) in [5, 5.41) is 0. The van der Waals surface area contributed by atoms with Crippen LogP contribution < -0.4 is 4.74 Å². The Bertz CT molecular complexity index is 521. The first-order chi connectivity index (χ1) is 8.55. The zero-order valence-electron chi connectivity index (χ0n) is 10.9. The van der Waals surface area contributed by atoms with Crippen molar-refractivity contribution in [1.82, 2.24) is 4.98 Å². The molecule has 0 N–H and O–H groups in total. The first-order valence-electron chi connectivity index (χ1n) is 6.58. The van der Waals surface area contributed by atoms with Gasteiger partial charge in [0.15, 0.2) is 5.75 Å². The van der Waals surface area contributed by atoms with Gasteiger partial charge in [-0.05, 0) is 52.7 Å². The smallest absolute Gasteiger partial charge is 0.156 e. The van der Waals surface area contributed by atoms with E-state index < -0.39 is 0 Å². The molecular weight excluding hydrogens is 290 g/mol. The number of hydrogen-bond acceptors (Lipinski definition) is 2. The summed E-state index contributed by atoms with van der Waals surface area (Å²) in [7, 11) is 0. The van der Waals surface area contributed by atoms with Crippen LogP contribution in [0.1, 0.15) is 44.4 Å². The number of allylic oxidation sites excluding steroid dienone is 1. The zero-order chi connectivity index (χ0) is 12.9. The van der Waals surface area contributed by atoms with E-state index in [0.717, 1.165) is 29.1 Å². The van der Waals surface area contributed by atoms with E-state index in [0.29, 0.717) is 5.92 Å². The molecule has 1 fully saturated rings. The summed E-state index contributed by atoms with van der Waals surface area (Å²) < 4.78 is 6.64. The molecule has 18 heavy (non-hydrogen) atoms. The van der Waals surface area contributed by atoms with Crippen LogP contribution in [0.5, 0.6) is 5.75 Å². The molecule has 1 aromatic heterocycles. The highest BCUT2D eigenvalue weighted by Crippen LogP contribution is 2.47. The third-order valence-electron chi connectivity index (χ3n) is 4.30. The molecule has 2 aliphatic rings. The molecule has 0 saturated heterocycles. The molecule has 0 unspecified atom stereocenters. The first-order valence-corrected chi connectivity index (χ1v) is 7.37. The quantitative estimate of drug-likeness (QED) is 0.776. The molecule has 0 spiro atoms. The maximum absolute atomic E-state index is 5.81. The second kappa shape index (κ2) is 4.09. The van der Waals surface area contributed by atoms with Gasteiger partial charge in [0.25, 0.3) is 0 Å². The topological polar surface area (TPSA) is 22.1 Å². The lowest BCUT2D eigenvalue weighted by Gasteiger charge is -2.20. The van der Waals surface area contributed by atoms with Gasteiger partial charge in [-0.25, -0.2) is 4.98 Å². The van der Waals surface area contributed by atoms with E-state index in [9.17, 15) is 0 Å². The Morgan fingerprint density at radius 2 is 2.33 bits per heavy atom. The Hall–Kier alpha value is -0.830. The SMILES string of the molecule is C=C(c1cc2c(c(Br)n1)OC[C@]2(C)CC)C1CC1. The predicted molar refractivity (Wildman–Crippen MR) is 76.8 cm³/mol. The van der Waals surface area contributed by atoms with Crippen molar-refractivity contribution in [3.63, 3.8) is 0 Å². The summed E-state index contributed by atoms with van der Waals surface area (Å²) in [5.41, 5.74) is 3.61. The normalized spacial score (nSPS) is 25.7. The fraction of sp³-hybridized carbons (Fsp3) is 0.533. The Labute approximate surface area is 117 Å². The molecule has 3 heteroatoms. The molecule has 1 aromatic rings. The minimum Gasteiger partial charge on any atom is -0.490 e. The Morgan fingerprint density at radius 1 is 1.61 bits per heavy atom. The van der Waals surface area contributed by atoms with Crippen molar-refractivity contribution in [3.8, 4) is 5.75 Å². The molecule has 2 nitrogen and oxygen atoms in total. The van der Waals surface area contributed by atoms with Gasteiger partial charge >= 0.3 is 0 Å². The van der Waals surface area contributed by atoms with Crippen molar-refractivity contribution in [3.05, 3.63) is 28.5 Å². The summed E-state index contributed by atoms with van der Waals surface area (Å²) in [6.07, 6.45) is 3.60. The van der Waals surface area contributed by atoms with Gasteiger partial charge in [-0.2, -0.15) is 0 Å². The number of pyridine rings is 1. The summed E-state index contributed by atoms with van der Waals surface area (Å²) in [5.74, 6) is 1.57. The monoisotopic (exact) mass is 307 g/mol. The minimum atomic E-state index is 0.110. The lowest BCUT2D eigenvalue weighted by atomic mass is 9.82. The molecule has 0 aromatic carbocycles. The van der Waals surface area contributed by atoms with Crippen molar-refractivity contribution in [2.24, 2.45) is 5.92 Å². The molecule has 3 rings (SSSR count). The molecule has 1 aliphatic carbocycles. The van der Waals surface area contributed by atoms with Crippen molar-refractivity contribution >= 4 is 21.5 Å². The maximum atomic E-state index is 5.81. The average molecular weight is 308 g/mol. The van der Waals surface area contributed by atoms with Crippen LogP contribution in [0.2, 0.25) is 0 Å². The van der Waals surface area contributed by atoms with Crippen molar-refractivity contribution in [2.45, 2.75) is 38.5 Å². The standard InChI is InChI=1S/C15H18BrNO/c1-4-15(3)8-18-13-11(15)7-12(17-14(13)16)9(2)10-5-6-10/h7,10H,2,4-6,8H2,1,3H3/t15-/m0/s1. The van der Waals surface area contributed by atoms with Gasteiger partial charge in [-0.15, -0.1) is 0 Å². The van der Waals surface area contributed by atoms with Gasteiger partial charge in [0.1, 0.15) is 4.60 Å². The molecule has 1 aliphatic heterocycles. The number of halogens is 1. The van der Waals surface area contributed by atoms with E-state index in [1.165, 1.54) is 24.0 Å². The number of fused-ring (bicyclic) bond motifs is 1. The number of ether oxygens (including phenoxy) is 1. The molecule has 96 valence electrons. The number of aromatic nitrogens is 1. The van der Waals surface area contributed by atoms with Gasteiger partial charge in [-0.1, -0.05) is 20.4 Å². The highest BCUT2D eigenvalue weighted by molar-refractivity contribution is 9.10. The van der Waals surface area contributed by atoms with Gasteiger partial charge < -0.3 is 4.74 Å². The van der Waals surface area contributed by atoms with Crippen molar-refractivity contribution < 1.29 is 4.74 Å². The fourth-order valence-corrected chi connectivity index (χ4v) is 3.01. The third kappa shape index (κ3) is 1.80. The summed E-state index contributed by atoms with van der Waals surface area (Å²) in [4.78, 5) is 4.60. The Balaban J connectivity index is 2.08. The van der Waals surface area contributed by atoms with E-state index in [1.54, 1.807) is 0 Å². The third-order valence-corrected chi connectivity index (χ3v) is 4.83. The van der Waals surface area contributed by atoms with Gasteiger partial charge in [0, 0.05) is 11.0 Å². The molecule has 2 heterocycles. The highest BCUT2D eigenvalue weighted by atomic mass is 79.9. The van der Waals surface area contributed by atoms with Crippen LogP contribution in [0.15, 0.2) is 17.2 Å². The van der Waals surface area contributed by atoms with Gasteiger partial charge in [0.2, 0.25) is 0 Å². The minimum absolute atomic E-state index is 0.110. The second-order valence-electron chi connectivity index (χ2n) is 5.68. The largest absolute Gasteiger partial charge is 0.490 e. The average Bonchev–Trinajstić information content (AvgIpc) is 3.15. The van der Waals surface area contributed by atoms with Crippen LogP contribution in [0, 0.1) is 5.92 Å². The highest BCUT2D eigenvalue weighted by Gasteiger charge is 2.37. The van der Waals surface area contributed by atoms with E-state index in [2.05, 4.69) is 47.4 Å². The van der Waals surface area contributed by atoms with Crippen LogP contribution in [-0.4, -0.2) is 11.6 Å². The summed E-state index contributed by atoms with van der Waals surface area (Å²) >= 11 is 3.54. The van der Waals surface area contributed by atoms with E-state index >= 15 is 0 Å². The van der Waals surface area contributed by atoms with Crippen LogP contribution in [0.3, 0.4) is 0 Å². The van der Waals surface area contributed by atoms with E-state index in [1.807, 2.05) is 0 Å².